The Hall–Kier alpha value is -3.55. The second kappa shape index (κ2) is 9.07. The van der Waals surface area contributed by atoms with Crippen LogP contribution in [0.5, 0.6) is 11.5 Å². The molecule has 0 saturated carbocycles. The second-order valence-corrected chi connectivity index (χ2v) is 8.10. The number of esters is 1. The van der Waals surface area contributed by atoms with Gasteiger partial charge in [0, 0.05) is 11.1 Å². The molecule has 3 rings (SSSR count). The van der Waals surface area contributed by atoms with Gasteiger partial charge in [-0.05, 0) is 32.9 Å². The SMILES string of the molecule is COC(=O)[C@H](CC(=O)NC1c2ccccc2Oc2ccccc21)NC(=O)OC(C)(C)C. The summed E-state index contributed by atoms with van der Waals surface area (Å²) in [5.41, 5.74) is 0.844. The first-order chi connectivity index (χ1) is 14.7. The third kappa shape index (κ3) is 5.53. The van der Waals surface area contributed by atoms with Crippen LogP contribution in [0.2, 0.25) is 0 Å². The van der Waals surface area contributed by atoms with E-state index in [1.807, 2.05) is 48.5 Å². The third-order valence-electron chi connectivity index (χ3n) is 4.55. The predicted octanol–water partition coefficient (Wildman–Crippen LogP) is 3.45. The number of nitrogens with one attached hydrogen (secondary N) is 2. The van der Waals surface area contributed by atoms with Gasteiger partial charge in [0.05, 0.1) is 19.6 Å². The lowest BCUT2D eigenvalue weighted by atomic mass is 9.94. The lowest BCUT2D eigenvalue weighted by Gasteiger charge is -2.29. The number of benzene rings is 2. The predicted molar refractivity (Wildman–Crippen MR) is 113 cm³/mol. The van der Waals surface area contributed by atoms with Crippen molar-refractivity contribution >= 4 is 18.0 Å². The van der Waals surface area contributed by atoms with Gasteiger partial charge in [-0.3, -0.25) is 4.79 Å². The number of rotatable bonds is 5. The van der Waals surface area contributed by atoms with E-state index in [1.165, 1.54) is 7.11 Å². The van der Waals surface area contributed by atoms with Gasteiger partial charge >= 0.3 is 12.1 Å². The summed E-state index contributed by atoms with van der Waals surface area (Å²) in [4.78, 5) is 37.1. The summed E-state index contributed by atoms with van der Waals surface area (Å²) in [6.07, 6.45) is -1.12. The minimum absolute atomic E-state index is 0.312. The number of carbonyl (C=O) groups is 3. The van der Waals surface area contributed by atoms with E-state index in [0.29, 0.717) is 11.5 Å². The van der Waals surface area contributed by atoms with E-state index in [4.69, 9.17) is 14.2 Å². The molecule has 8 nitrogen and oxygen atoms in total. The molecular formula is C23H26N2O6. The number of para-hydroxylation sites is 2. The Labute approximate surface area is 180 Å². The van der Waals surface area contributed by atoms with E-state index in [-0.39, 0.29) is 6.42 Å². The minimum Gasteiger partial charge on any atom is -0.467 e. The normalized spacial score (nSPS) is 13.7. The fourth-order valence-electron chi connectivity index (χ4n) is 3.26. The number of alkyl carbamates (subject to hydrolysis) is 1. The van der Waals surface area contributed by atoms with Gasteiger partial charge in [0.15, 0.2) is 0 Å². The van der Waals surface area contributed by atoms with Crippen molar-refractivity contribution in [3.05, 3.63) is 59.7 Å². The number of hydrogen-bond acceptors (Lipinski definition) is 6. The first kappa shape index (κ1) is 22.1. The van der Waals surface area contributed by atoms with Crippen LogP contribution in [0.4, 0.5) is 4.79 Å². The van der Waals surface area contributed by atoms with Crippen LogP contribution in [0.15, 0.2) is 48.5 Å². The molecule has 0 saturated heterocycles. The molecule has 0 spiro atoms. The number of amides is 2. The lowest BCUT2D eigenvalue weighted by molar-refractivity contribution is -0.144. The van der Waals surface area contributed by atoms with Crippen molar-refractivity contribution < 1.29 is 28.6 Å². The van der Waals surface area contributed by atoms with Crippen LogP contribution < -0.4 is 15.4 Å². The first-order valence-corrected chi connectivity index (χ1v) is 9.90. The van der Waals surface area contributed by atoms with Gasteiger partial charge < -0.3 is 24.8 Å². The molecule has 1 atom stereocenters. The second-order valence-electron chi connectivity index (χ2n) is 8.10. The molecule has 164 valence electrons. The molecule has 1 aliphatic rings. The van der Waals surface area contributed by atoms with Gasteiger partial charge in [-0.1, -0.05) is 36.4 Å². The maximum absolute atomic E-state index is 12.9. The van der Waals surface area contributed by atoms with E-state index in [0.717, 1.165) is 11.1 Å². The largest absolute Gasteiger partial charge is 0.467 e. The summed E-state index contributed by atoms with van der Waals surface area (Å²) in [6, 6.07) is 13.1. The summed E-state index contributed by atoms with van der Waals surface area (Å²) in [6.45, 7) is 5.10. The van der Waals surface area contributed by atoms with Crippen LogP contribution in [-0.2, 0) is 19.1 Å². The van der Waals surface area contributed by atoms with Gasteiger partial charge in [-0.2, -0.15) is 0 Å². The molecule has 0 bridgehead atoms. The fraction of sp³-hybridized carbons (Fsp3) is 0.348. The van der Waals surface area contributed by atoms with Crippen LogP contribution in [0.25, 0.3) is 0 Å². The molecule has 8 heteroatoms. The monoisotopic (exact) mass is 426 g/mol. The zero-order valence-corrected chi connectivity index (χ0v) is 17.9. The summed E-state index contributed by atoms with van der Waals surface area (Å²) in [7, 11) is 1.19. The minimum atomic E-state index is -1.19. The summed E-state index contributed by atoms with van der Waals surface area (Å²) in [5.74, 6) is 0.0996. The van der Waals surface area contributed by atoms with Crippen molar-refractivity contribution in [3.63, 3.8) is 0 Å². The van der Waals surface area contributed by atoms with E-state index in [9.17, 15) is 14.4 Å². The number of hydrogen-bond donors (Lipinski definition) is 2. The molecule has 31 heavy (non-hydrogen) atoms. The van der Waals surface area contributed by atoms with Crippen molar-refractivity contribution in [2.75, 3.05) is 7.11 Å². The van der Waals surface area contributed by atoms with Crippen molar-refractivity contribution in [3.8, 4) is 11.5 Å². The van der Waals surface area contributed by atoms with Crippen molar-refractivity contribution in [1.29, 1.82) is 0 Å². The standard InChI is InChI=1S/C23H26N2O6/c1-23(2,3)31-22(28)24-16(21(27)29-4)13-19(26)25-20-14-9-5-7-11-17(14)30-18-12-8-6-10-15(18)20/h5-12,16,20H,13H2,1-4H3,(H,24,28)(H,25,26)/t16-/m0/s1. The zero-order chi connectivity index (χ0) is 22.6. The molecule has 2 N–H and O–H groups in total. The van der Waals surface area contributed by atoms with Crippen LogP contribution >= 0.6 is 0 Å². The van der Waals surface area contributed by atoms with Gasteiger partial charge in [-0.15, -0.1) is 0 Å². The number of fused-ring (bicyclic) bond motifs is 2. The number of carbonyl (C=O) groups excluding carboxylic acids is 3. The van der Waals surface area contributed by atoms with E-state index in [1.54, 1.807) is 20.8 Å². The van der Waals surface area contributed by atoms with Crippen LogP contribution in [0.1, 0.15) is 44.4 Å². The summed E-state index contributed by atoms with van der Waals surface area (Å²) in [5, 5.41) is 5.35. The maximum Gasteiger partial charge on any atom is 0.408 e. The Morgan fingerprint density at radius 2 is 1.55 bits per heavy atom. The highest BCUT2D eigenvalue weighted by Gasteiger charge is 2.31. The lowest BCUT2D eigenvalue weighted by Crippen LogP contribution is -2.47. The molecule has 0 unspecified atom stereocenters. The highest BCUT2D eigenvalue weighted by molar-refractivity contribution is 5.88. The molecule has 2 aromatic carbocycles. The molecule has 2 aromatic rings. The van der Waals surface area contributed by atoms with Crippen molar-refractivity contribution in [1.82, 2.24) is 10.6 Å². The van der Waals surface area contributed by atoms with Gasteiger partial charge in [0.2, 0.25) is 5.91 Å². The average Bonchev–Trinajstić information content (AvgIpc) is 2.71. The third-order valence-corrected chi connectivity index (χ3v) is 4.55. The Morgan fingerprint density at radius 1 is 1.00 bits per heavy atom. The highest BCUT2D eigenvalue weighted by atomic mass is 16.6. The Morgan fingerprint density at radius 3 is 2.06 bits per heavy atom. The smallest absolute Gasteiger partial charge is 0.408 e. The fourth-order valence-corrected chi connectivity index (χ4v) is 3.26. The zero-order valence-electron chi connectivity index (χ0n) is 17.9. The summed E-state index contributed by atoms with van der Waals surface area (Å²) < 4.78 is 15.8. The highest BCUT2D eigenvalue weighted by Crippen LogP contribution is 2.42. The Bertz CT molecular complexity index is 937. The van der Waals surface area contributed by atoms with Crippen molar-refractivity contribution in [2.45, 2.75) is 44.9 Å². The van der Waals surface area contributed by atoms with Crippen molar-refractivity contribution in [2.24, 2.45) is 0 Å². The molecular weight excluding hydrogens is 400 g/mol. The van der Waals surface area contributed by atoms with Gasteiger partial charge in [0.25, 0.3) is 0 Å². The molecule has 2 amide bonds. The quantitative estimate of drug-likeness (QED) is 0.710. The average molecular weight is 426 g/mol. The molecule has 1 heterocycles. The van der Waals surface area contributed by atoms with Crippen LogP contribution in [-0.4, -0.2) is 36.7 Å². The van der Waals surface area contributed by atoms with Crippen LogP contribution in [0, 0.1) is 0 Å². The Balaban J connectivity index is 1.77. The van der Waals surface area contributed by atoms with Crippen LogP contribution in [0.3, 0.4) is 0 Å². The summed E-state index contributed by atoms with van der Waals surface area (Å²) >= 11 is 0. The molecule has 0 aromatic heterocycles. The van der Waals surface area contributed by atoms with E-state index >= 15 is 0 Å². The van der Waals surface area contributed by atoms with Gasteiger partial charge in [-0.25, -0.2) is 9.59 Å². The molecule has 0 radical (unpaired) electrons. The number of ether oxygens (including phenoxy) is 3. The topological polar surface area (TPSA) is 103 Å². The molecule has 1 aliphatic heterocycles. The molecule has 0 fully saturated rings. The van der Waals surface area contributed by atoms with Gasteiger partial charge in [0.1, 0.15) is 23.1 Å². The maximum atomic E-state index is 12.9. The molecule has 0 aliphatic carbocycles. The van der Waals surface area contributed by atoms with E-state index < -0.39 is 35.7 Å². The number of methoxy groups -OCH3 is 1. The Kier molecular flexibility index (Phi) is 6.48. The van der Waals surface area contributed by atoms with E-state index in [2.05, 4.69) is 10.6 Å². The first-order valence-electron chi connectivity index (χ1n) is 9.90.